The first-order valence-electron chi connectivity index (χ1n) is 4.91. The van der Waals surface area contributed by atoms with Crippen LogP contribution < -0.4 is 4.72 Å². The number of anilines is 1. The topological polar surface area (TPSA) is 29.1 Å². The molecule has 0 aliphatic carbocycles. The lowest BCUT2D eigenvalue weighted by atomic mass is 10.1. The molecule has 1 N–H and O–H groups in total. The molecule has 2 nitrogen and oxygen atoms in total. The molecule has 0 aromatic heterocycles. The molecule has 80 valence electrons. The molecule has 0 radical (unpaired) electrons. The van der Waals surface area contributed by atoms with Crippen molar-refractivity contribution < 1.29 is 4.21 Å². The fraction of sp³-hybridized carbons (Fsp3) is 0.455. The van der Waals surface area contributed by atoms with Gasteiger partial charge in [-0.15, -0.1) is 0 Å². The van der Waals surface area contributed by atoms with Crippen molar-refractivity contribution in [2.75, 3.05) is 11.0 Å². The largest absolute Gasteiger partial charge is 0.305 e. The third-order valence-corrected chi connectivity index (χ3v) is 2.12. The van der Waals surface area contributed by atoms with Crippen LogP contribution in [0.3, 0.4) is 0 Å². The van der Waals surface area contributed by atoms with Gasteiger partial charge in [-0.3, -0.25) is 0 Å². The molecule has 1 aromatic carbocycles. The average molecular weight is 213 g/mol. The zero-order valence-corrected chi connectivity index (χ0v) is 10.1. The van der Waals surface area contributed by atoms with E-state index in [0.717, 1.165) is 12.1 Å². The standard InChI is InChI=1S/C9H13NOS.C2H6/c1-3-8-5-4-6-9(7-8)10-12(2)11;1-2/h4-7,10H,3H2,1-2H3;1-2H3. The van der Waals surface area contributed by atoms with Crippen LogP contribution in [0.2, 0.25) is 0 Å². The normalized spacial score (nSPS) is 11.1. The first-order valence-corrected chi connectivity index (χ1v) is 6.47. The average Bonchev–Trinajstić information content (AvgIpc) is 2.20. The Hall–Kier alpha value is -0.830. The van der Waals surface area contributed by atoms with E-state index in [-0.39, 0.29) is 0 Å². The zero-order chi connectivity index (χ0) is 11.0. The Morgan fingerprint density at radius 1 is 1.36 bits per heavy atom. The highest BCUT2D eigenvalue weighted by molar-refractivity contribution is 7.85. The SMILES string of the molecule is CC.CCc1cccc(NS(C)=O)c1. The molecule has 0 aliphatic rings. The maximum Gasteiger partial charge on any atom is 0.113 e. The molecule has 0 bridgehead atoms. The predicted molar refractivity (Wildman–Crippen MR) is 64.9 cm³/mol. The predicted octanol–water partition coefficient (Wildman–Crippen LogP) is 2.98. The Labute approximate surface area is 89.3 Å². The molecule has 1 rings (SSSR count). The summed E-state index contributed by atoms with van der Waals surface area (Å²) in [6.07, 6.45) is 2.63. The van der Waals surface area contributed by atoms with Crippen LogP contribution in [-0.4, -0.2) is 10.5 Å². The highest BCUT2D eigenvalue weighted by Crippen LogP contribution is 2.10. The minimum atomic E-state index is -0.977. The summed E-state index contributed by atoms with van der Waals surface area (Å²) in [7, 11) is -0.977. The summed E-state index contributed by atoms with van der Waals surface area (Å²) in [6.45, 7) is 6.10. The van der Waals surface area contributed by atoms with E-state index in [2.05, 4.69) is 17.7 Å². The van der Waals surface area contributed by atoms with Crippen molar-refractivity contribution in [3.8, 4) is 0 Å². The molecule has 0 heterocycles. The second-order valence-electron chi connectivity index (χ2n) is 2.61. The van der Waals surface area contributed by atoms with Crippen molar-refractivity contribution in [2.45, 2.75) is 27.2 Å². The Morgan fingerprint density at radius 2 is 2.00 bits per heavy atom. The second kappa shape index (κ2) is 7.56. The maximum absolute atomic E-state index is 10.8. The number of hydrogen-bond acceptors (Lipinski definition) is 1. The summed E-state index contributed by atoms with van der Waals surface area (Å²) in [5.41, 5.74) is 2.18. The summed E-state index contributed by atoms with van der Waals surface area (Å²) < 4.78 is 13.7. The Bertz CT molecular complexity index is 286. The first-order chi connectivity index (χ1) is 6.72. The van der Waals surface area contributed by atoms with Gasteiger partial charge in [0.15, 0.2) is 0 Å². The van der Waals surface area contributed by atoms with E-state index in [1.54, 1.807) is 6.26 Å². The lowest BCUT2D eigenvalue weighted by Crippen LogP contribution is -2.00. The molecule has 3 heteroatoms. The van der Waals surface area contributed by atoms with Gasteiger partial charge in [0.05, 0.1) is 0 Å². The quantitative estimate of drug-likeness (QED) is 0.821. The summed E-state index contributed by atoms with van der Waals surface area (Å²) in [5, 5.41) is 0. The maximum atomic E-state index is 10.8. The molecule has 1 aromatic rings. The third-order valence-electron chi connectivity index (χ3n) is 1.60. The smallest absolute Gasteiger partial charge is 0.113 e. The van der Waals surface area contributed by atoms with Crippen LogP contribution in [0.4, 0.5) is 5.69 Å². The van der Waals surface area contributed by atoms with Crippen molar-refractivity contribution >= 4 is 16.7 Å². The van der Waals surface area contributed by atoms with E-state index < -0.39 is 11.0 Å². The van der Waals surface area contributed by atoms with E-state index in [9.17, 15) is 4.21 Å². The molecule has 0 aliphatic heterocycles. The van der Waals surface area contributed by atoms with Gasteiger partial charge in [-0.25, -0.2) is 4.21 Å². The van der Waals surface area contributed by atoms with Crippen molar-refractivity contribution in [3.63, 3.8) is 0 Å². The molecular formula is C11H19NOS. The second-order valence-corrected chi connectivity index (χ2v) is 3.72. The van der Waals surface area contributed by atoms with Gasteiger partial charge in [-0.05, 0) is 24.1 Å². The van der Waals surface area contributed by atoms with Crippen LogP contribution >= 0.6 is 0 Å². The van der Waals surface area contributed by atoms with E-state index in [0.29, 0.717) is 0 Å². The summed E-state index contributed by atoms with van der Waals surface area (Å²) >= 11 is 0. The van der Waals surface area contributed by atoms with Crippen LogP contribution in [0.15, 0.2) is 24.3 Å². The molecule has 1 atom stereocenters. The lowest BCUT2D eigenvalue weighted by Gasteiger charge is -2.03. The Kier molecular flexibility index (Phi) is 7.11. The van der Waals surface area contributed by atoms with Crippen LogP contribution in [0.1, 0.15) is 26.3 Å². The van der Waals surface area contributed by atoms with Gasteiger partial charge in [-0.2, -0.15) is 0 Å². The van der Waals surface area contributed by atoms with Crippen molar-refractivity contribution in [2.24, 2.45) is 0 Å². The number of rotatable bonds is 3. The summed E-state index contributed by atoms with van der Waals surface area (Å²) in [4.78, 5) is 0. The number of nitrogens with one attached hydrogen (secondary N) is 1. The van der Waals surface area contributed by atoms with Crippen LogP contribution in [-0.2, 0) is 17.4 Å². The van der Waals surface area contributed by atoms with Crippen LogP contribution in [0.5, 0.6) is 0 Å². The molecular weight excluding hydrogens is 194 g/mol. The minimum Gasteiger partial charge on any atom is -0.305 e. The third kappa shape index (κ3) is 5.02. The van der Waals surface area contributed by atoms with Crippen molar-refractivity contribution in [1.29, 1.82) is 0 Å². The van der Waals surface area contributed by atoms with E-state index >= 15 is 0 Å². The van der Waals surface area contributed by atoms with Gasteiger partial charge >= 0.3 is 0 Å². The van der Waals surface area contributed by atoms with Crippen LogP contribution in [0, 0.1) is 0 Å². The molecule has 0 spiro atoms. The highest BCUT2D eigenvalue weighted by Gasteiger charge is 1.94. The van der Waals surface area contributed by atoms with Gasteiger partial charge in [-0.1, -0.05) is 32.9 Å². The molecule has 0 saturated heterocycles. The van der Waals surface area contributed by atoms with E-state index in [4.69, 9.17) is 0 Å². The molecule has 14 heavy (non-hydrogen) atoms. The Balaban J connectivity index is 0.000000791. The number of aryl methyl sites for hydroxylation is 1. The van der Waals surface area contributed by atoms with Gasteiger partial charge < -0.3 is 4.72 Å². The van der Waals surface area contributed by atoms with Crippen LogP contribution in [0.25, 0.3) is 0 Å². The number of hydrogen-bond donors (Lipinski definition) is 1. The molecule has 0 amide bonds. The van der Waals surface area contributed by atoms with Gasteiger partial charge in [0, 0.05) is 11.9 Å². The summed E-state index contributed by atoms with van der Waals surface area (Å²) in [5.74, 6) is 0. The molecule has 0 saturated carbocycles. The number of benzene rings is 1. The molecule has 1 unspecified atom stereocenters. The van der Waals surface area contributed by atoms with Gasteiger partial charge in [0.25, 0.3) is 0 Å². The zero-order valence-electron chi connectivity index (χ0n) is 9.33. The fourth-order valence-electron chi connectivity index (χ4n) is 1.02. The first kappa shape index (κ1) is 13.2. The Morgan fingerprint density at radius 3 is 2.50 bits per heavy atom. The highest BCUT2D eigenvalue weighted by atomic mass is 32.2. The lowest BCUT2D eigenvalue weighted by molar-refractivity contribution is 0.690. The fourth-order valence-corrected chi connectivity index (χ4v) is 1.48. The monoisotopic (exact) mass is 213 g/mol. The van der Waals surface area contributed by atoms with Gasteiger partial charge in [0.2, 0.25) is 0 Å². The van der Waals surface area contributed by atoms with Gasteiger partial charge in [0.1, 0.15) is 11.0 Å². The summed E-state index contributed by atoms with van der Waals surface area (Å²) in [6, 6.07) is 7.96. The minimum absolute atomic E-state index is 0.926. The van der Waals surface area contributed by atoms with E-state index in [1.807, 2.05) is 32.0 Å². The van der Waals surface area contributed by atoms with Crippen molar-refractivity contribution in [3.05, 3.63) is 29.8 Å². The van der Waals surface area contributed by atoms with Crippen molar-refractivity contribution in [1.82, 2.24) is 0 Å². The molecule has 0 fully saturated rings. The van der Waals surface area contributed by atoms with E-state index in [1.165, 1.54) is 5.56 Å².